The van der Waals surface area contributed by atoms with Crippen LogP contribution in [0.15, 0.2) is 60.7 Å². The molecule has 2 rings (SSSR count). The Labute approximate surface area is 175 Å². The average Bonchev–Trinajstić information content (AvgIpc) is 2.72. The smallest absolute Gasteiger partial charge is 0.320 e. The highest BCUT2D eigenvalue weighted by molar-refractivity contribution is 8.13. The molecule has 0 saturated heterocycles. The summed E-state index contributed by atoms with van der Waals surface area (Å²) in [6.07, 6.45) is 0. The molecular formula is C19H24F2O5P2S. The molecule has 0 aliphatic heterocycles. The molecule has 2 aromatic rings. The van der Waals surface area contributed by atoms with Crippen LogP contribution in [0.25, 0.3) is 0 Å². The summed E-state index contributed by atoms with van der Waals surface area (Å²) in [7, 11) is -4.92. The minimum absolute atomic E-state index is 0.221. The normalized spacial score (nSPS) is 12.8. The largest absolute Gasteiger partial charge is 0.417 e. The van der Waals surface area contributed by atoms with Crippen LogP contribution >= 0.6 is 14.1 Å². The van der Waals surface area contributed by atoms with Crippen LogP contribution in [0, 0.1) is 0 Å². The maximum Gasteiger partial charge on any atom is 0.417 e. The molecule has 0 radical (unpaired) electrons. The van der Waals surface area contributed by atoms with Gasteiger partial charge in [0.1, 0.15) is 0 Å². The van der Waals surface area contributed by atoms with Crippen molar-refractivity contribution in [1.29, 1.82) is 0 Å². The van der Waals surface area contributed by atoms with E-state index in [0.717, 1.165) is 0 Å². The molecule has 0 aliphatic rings. The molecule has 0 heterocycles. The molecule has 0 aliphatic carbocycles. The van der Waals surface area contributed by atoms with Gasteiger partial charge in [0.25, 0.3) is 6.49 Å². The molecule has 160 valence electrons. The molecule has 0 bridgehead atoms. The molecule has 0 N–H and O–H groups in total. The Morgan fingerprint density at radius 2 is 1.17 bits per heavy atom. The molecule has 0 aromatic heterocycles. The lowest BCUT2D eigenvalue weighted by Gasteiger charge is -2.33. The van der Waals surface area contributed by atoms with Gasteiger partial charge < -0.3 is 18.1 Å². The molecular weight excluding hydrogens is 440 g/mol. The van der Waals surface area contributed by atoms with Crippen molar-refractivity contribution in [2.75, 3.05) is 13.2 Å². The van der Waals surface area contributed by atoms with E-state index in [9.17, 15) is 4.57 Å². The van der Waals surface area contributed by atoms with Crippen molar-refractivity contribution in [3.63, 3.8) is 0 Å². The van der Waals surface area contributed by atoms with Gasteiger partial charge in [0.15, 0.2) is 0 Å². The first-order valence-corrected chi connectivity index (χ1v) is 13.2. The van der Waals surface area contributed by atoms with E-state index in [0.29, 0.717) is 11.1 Å². The SMILES string of the molecule is CCOP(=O)(OCC)C(F)(F)P(=S)(OCc1ccccc1)OCc1ccccc1. The van der Waals surface area contributed by atoms with E-state index in [-0.39, 0.29) is 26.4 Å². The first-order valence-electron chi connectivity index (χ1n) is 9.02. The summed E-state index contributed by atoms with van der Waals surface area (Å²) >= 11 is 5.20. The Kier molecular flexibility index (Phi) is 9.11. The van der Waals surface area contributed by atoms with Gasteiger partial charge in [0.05, 0.1) is 26.4 Å². The Hall–Kier alpha value is -0.980. The van der Waals surface area contributed by atoms with E-state index < -0.39 is 19.5 Å². The van der Waals surface area contributed by atoms with Crippen molar-refractivity contribution in [3.8, 4) is 0 Å². The van der Waals surface area contributed by atoms with Gasteiger partial charge in [-0.2, -0.15) is 8.78 Å². The van der Waals surface area contributed by atoms with Crippen LogP contribution in [0.2, 0.25) is 0 Å². The predicted molar refractivity (Wildman–Crippen MR) is 113 cm³/mol. The summed E-state index contributed by atoms with van der Waals surface area (Å²) in [4.78, 5) is 0. The number of benzene rings is 2. The van der Waals surface area contributed by atoms with E-state index in [1.54, 1.807) is 60.7 Å². The standard InChI is InChI=1S/C19H24F2O5P2S/c1-3-23-27(22,24-4-2)19(20,21)28(29,25-15-17-11-7-5-8-12-17)26-16-18-13-9-6-10-14-18/h5-14H,3-4,15-16H2,1-2H3. The third-order valence-corrected chi connectivity index (χ3v) is 10.4. The summed E-state index contributed by atoms with van der Waals surface area (Å²) in [5.74, 6) is 0. The lowest BCUT2D eigenvalue weighted by molar-refractivity contribution is 0.0736. The van der Waals surface area contributed by atoms with Crippen molar-refractivity contribution in [3.05, 3.63) is 71.8 Å². The molecule has 0 atom stereocenters. The zero-order chi connectivity index (χ0) is 21.4. The number of halogens is 2. The van der Waals surface area contributed by atoms with Crippen LogP contribution in [-0.4, -0.2) is 18.6 Å². The van der Waals surface area contributed by atoms with E-state index in [2.05, 4.69) is 0 Å². The Morgan fingerprint density at radius 1 is 0.793 bits per heavy atom. The van der Waals surface area contributed by atoms with Crippen LogP contribution < -0.4 is 0 Å². The second kappa shape index (κ2) is 10.9. The van der Waals surface area contributed by atoms with Gasteiger partial charge in [-0.05, 0) is 36.8 Å². The van der Waals surface area contributed by atoms with Crippen molar-refractivity contribution in [2.24, 2.45) is 0 Å². The number of alkyl halides is 2. The monoisotopic (exact) mass is 464 g/mol. The van der Waals surface area contributed by atoms with Crippen LogP contribution in [0.5, 0.6) is 0 Å². The van der Waals surface area contributed by atoms with Crippen LogP contribution in [0.4, 0.5) is 8.78 Å². The number of hydrogen-bond donors (Lipinski definition) is 0. The quantitative estimate of drug-likeness (QED) is 0.332. The lowest BCUT2D eigenvalue weighted by atomic mass is 10.2. The minimum atomic E-state index is -4.92. The summed E-state index contributed by atoms with van der Waals surface area (Å²) in [6.45, 7) is -2.47. The maximum atomic E-state index is 15.5. The van der Waals surface area contributed by atoms with E-state index in [1.165, 1.54) is 13.8 Å². The van der Waals surface area contributed by atoms with Gasteiger partial charge in [-0.3, -0.25) is 4.57 Å². The summed E-state index contributed by atoms with van der Waals surface area (Å²) in [5, 5.41) is -4.13. The first-order chi connectivity index (χ1) is 13.8. The minimum Gasteiger partial charge on any atom is -0.320 e. The molecule has 0 fully saturated rings. The fraction of sp³-hybridized carbons (Fsp3) is 0.368. The van der Waals surface area contributed by atoms with Crippen molar-refractivity contribution in [2.45, 2.75) is 32.5 Å². The lowest BCUT2D eigenvalue weighted by Crippen LogP contribution is -2.23. The van der Waals surface area contributed by atoms with Gasteiger partial charge in [0.2, 0.25) is 0 Å². The highest BCUT2D eigenvalue weighted by Gasteiger charge is 2.65. The second-order valence-electron chi connectivity index (χ2n) is 5.86. The zero-order valence-electron chi connectivity index (χ0n) is 16.2. The van der Waals surface area contributed by atoms with E-state index in [1.807, 2.05) is 0 Å². The maximum absolute atomic E-state index is 15.5. The third-order valence-electron chi connectivity index (χ3n) is 3.75. The molecule has 0 amide bonds. The zero-order valence-corrected chi connectivity index (χ0v) is 18.8. The average molecular weight is 464 g/mol. The summed E-state index contributed by atoms with van der Waals surface area (Å²) < 4.78 is 64.5. The van der Waals surface area contributed by atoms with E-state index >= 15 is 8.78 Å². The Bertz CT molecular complexity index is 795. The van der Waals surface area contributed by atoms with Crippen LogP contribution in [-0.2, 0) is 47.7 Å². The molecule has 10 heteroatoms. The van der Waals surface area contributed by atoms with Crippen LogP contribution in [0.3, 0.4) is 0 Å². The van der Waals surface area contributed by atoms with Gasteiger partial charge in [-0.25, -0.2) is 0 Å². The second-order valence-corrected chi connectivity index (χ2v) is 11.8. The highest BCUT2D eigenvalue weighted by Crippen LogP contribution is 2.79. The van der Waals surface area contributed by atoms with Crippen molar-refractivity contribution >= 4 is 25.9 Å². The third kappa shape index (κ3) is 6.02. The van der Waals surface area contributed by atoms with Gasteiger partial charge in [-0.1, -0.05) is 60.7 Å². The van der Waals surface area contributed by atoms with Crippen molar-refractivity contribution < 1.29 is 31.4 Å². The number of hydrogen-bond acceptors (Lipinski definition) is 6. The van der Waals surface area contributed by atoms with Crippen molar-refractivity contribution in [1.82, 2.24) is 0 Å². The molecule has 0 saturated carbocycles. The summed E-state index contributed by atoms with van der Waals surface area (Å²) in [6, 6.07) is 17.4. The fourth-order valence-electron chi connectivity index (χ4n) is 2.34. The summed E-state index contributed by atoms with van der Waals surface area (Å²) in [5.41, 5.74) is 1.26. The van der Waals surface area contributed by atoms with Gasteiger partial charge >= 0.3 is 13.0 Å². The molecule has 0 spiro atoms. The highest BCUT2D eigenvalue weighted by atomic mass is 32.5. The predicted octanol–water partition coefficient (Wildman–Crippen LogP) is 6.55. The Morgan fingerprint density at radius 3 is 1.52 bits per heavy atom. The molecule has 29 heavy (non-hydrogen) atoms. The van der Waals surface area contributed by atoms with Gasteiger partial charge in [-0.15, -0.1) is 0 Å². The van der Waals surface area contributed by atoms with Gasteiger partial charge in [0, 0.05) is 0 Å². The fourth-order valence-corrected chi connectivity index (χ4v) is 7.54. The molecule has 2 aromatic carbocycles. The molecule has 0 unspecified atom stereocenters. The first kappa shape index (κ1) is 24.3. The number of rotatable bonds is 12. The Balaban J connectivity index is 2.35. The topological polar surface area (TPSA) is 54.0 Å². The molecule has 5 nitrogen and oxygen atoms in total. The van der Waals surface area contributed by atoms with E-state index in [4.69, 9.17) is 29.9 Å². The van der Waals surface area contributed by atoms with Crippen LogP contribution in [0.1, 0.15) is 25.0 Å².